The fourth-order valence-electron chi connectivity index (χ4n) is 3.41. The lowest BCUT2D eigenvalue weighted by molar-refractivity contribution is -0.120. The lowest BCUT2D eigenvalue weighted by atomic mass is 10.1. The Bertz CT molecular complexity index is 1030. The summed E-state index contributed by atoms with van der Waals surface area (Å²) in [7, 11) is 0. The molecule has 0 unspecified atom stereocenters. The van der Waals surface area contributed by atoms with Gasteiger partial charge in [-0.05, 0) is 66.3 Å². The summed E-state index contributed by atoms with van der Waals surface area (Å²) < 4.78 is 13.3. The molecule has 1 aliphatic carbocycles. The van der Waals surface area contributed by atoms with Crippen molar-refractivity contribution >= 4 is 17.5 Å². The molecule has 5 heteroatoms. The van der Waals surface area contributed by atoms with E-state index in [-0.39, 0.29) is 17.6 Å². The van der Waals surface area contributed by atoms with Crippen molar-refractivity contribution in [3.05, 3.63) is 101 Å². The number of hydrogen-bond acceptors (Lipinski definition) is 2. The van der Waals surface area contributed by atoms with E-state index in [1.165, 1.54) is 25.0 Å². The van der Waals surface area contributed by atoms with E-state index in [1.807, 2.05) is 42.5 Å². The molecule has 0 saturated heterocycles. The number of nitrogens with zero attached hydrogens (tertiary/aromatic N) is 1. The van der Waals surface area contributed by atoms with Crippen molar-refractivity contribution in [2.75, 3.05) is 11.4 Å². The van der Waals surface area contributed by atoms with Gasteiger partial charge in [0.25, 0.3) is 5.91 Å². The van der Waals surface area contributed by atoms with Gasteiger partial charge in [-0.15, -0.1) is 0 Å². The Balaban J connectivity index is 1.51. The predicted octanol–water partition coefficient (Wildman–Crippen LogP) is 4.74. The standard InChI is InChI=1S/C26H25FN2O2/c27-23-12-8-21(9-13-23)18-29(26(31)22-4-2-1-3-5-22)24-14-10-19(11-15-24)16-25(30)28-17-20-6-7-20/h1-5,8-15,20H,6-7,16-18H2,(H,28,30). The van der Waals surface area contributed by atoms with Crippen LogP contribution in [0.1, 0.15) is 34.3 Å². The van der Waals surface area contributed by atoms with Gasteiger partial charge in [0.15, 0.2) is 0 Å². The van der Waals surface area contributed by atoms with Gasteiger partial charge in [-0.2, -0.15) is 0 Å². The van der Waals surface area contributed by atoms with Gasteiger partial charge >= 0.3 is 0 Å². The van der Waals surface area contributed by atoms with E-state index in [9.17, 15) is 14.0 Å². The third-order valence-electron chi connectivity index (χ3n) is 5.42. The van der Waals surface area contributed by atoms with Crippen LogP contribution in [0.4, 0.5) is 10.1 Å². The molecule has 1 saturated carbocycles. The highest BCUT2D eigenvalue weighted by atomic mass is 19.1. The van der Waals surface area contributed by atoms with Crippen LogP contribution >= 0.6 is 0 Å². The predicted molar refractivity (Wildman–Crippen MR) is 119 cm³/mol. The van der Waals surface area contributed by atoms with Crippen molar-refractivity contribution in [3.8, 4) is 0 Å². The Morgan fingerprint density at radius 3 is 2.16 bits per heavy atom. The van der Waals surface area contributed by atoms with Gasteiger partial charge in [-0.1, -0.05) is 42.5 Å². The quantitative estimate of drug-likeness (QED) is 0.577. The molecule has 0 spiro atoms. The van der Waals surface area contributed by atoms with Crippen LogP contribution in [0.3, 0.4) is 0 Å². The van der Waals surface area contributed by atoms with Crippen molar-refractivity contribution in [2.45, 2.75) is 25.8 Å². The van der Waals surface area contributed by atoms with Gasteiger partial charge in [0, 0.05) is 17.8 Å². The first-order valence-corrected chi connectivity index (χ1v) is 10.6. The van der Waals surface area contributed by atoms with Crippen LogP contribution in [0, 0.1) is 11.7 Å². The highest BCUT2D eigenvalue weighted by Crippen LogP contribution is 2.27. The first kappa shape index (κ1) is 20.8. The Morgan fingerprint density at radius 2 is 1.52 bits per heavy atom. The summed E-state index contributed by atoms with van der Waals surface area (Å²) in [6.45, 7) is 1.07. The summed E-state index contributed by atoms with van der Waals surface area (Å²) in [4.78, 5) is 27.0. The summed E-state index contributed by atoms with van der Waals surface area (Å²) in [5.74, 6) is 0.215. The largest absolute Gasteiger partial charge is 0.356 e. The van der Waals surface area contributed by atoms with E-state index < -0.39 is 0 Å². The molecular formula is C26H25FN2O2. The molecule has 1 N–H and O–H groups in total. The molecule has 0 aliphatic heterocycles. The highest BCUT2D eigenvalue weighted by molar-refractivity contribution is 6.06. The number of amides is 2. The molecule has 0 atom stereocenters. The van der Waals surface area contributed by atoms with Crippen LogP contribution < -0.4 is 10.2 Å². The molecule has 4 rings (SSSR count). The number of halogens is 1. The number of rotatable bonds is 8. The summed E-state index contributed by atoms with van der Waals surface area (Å²) in [5.41, 5.74) is 3.02. The van der Waals surface area contributed by atoms with Gasteiger partial charge < -0.3 is 10.2 Å². The molecule has 3 aromatic carbocycles. The lowest BCUT2D eigenvalue weighted by Crippen LogP contribution is -2.30. The van der Waals surface area contributed by atoms with E-state index in [2.05, 4.69) is 5.32 Å². The minimum absolute atomic E-state index is 0.0168. The molecule has 3 aromatic rings. The third kappa shape index (κ3) is 5.79. The number of carbonyl (C=O) groups excluding carboxylic acids is 2. The Morgan fingerprint density at radius 1 is 0.871 bits per heavy atom. The van der Waals surface area contributed by atoms with Gasteiger partial charge in [0.1, 0.15) is 5.82 Å². The normalized spacial score (nSPS) is 12.9. The van der Waals surface area contributed by atoms with Crippen molar-refractivity contribution < 1.29 is 14.0 Å². The van der Waals surface area contributed by atoms with Crippen LogP contribution in [0.5, 0.6) is 0 Å². The van der Waals surface area contributed by atoms with Crippen LogP contribution in [-0.2, 0) is 17.8 Å². The lowest BCUT2D eigenvalue weighted by Gasteiger charge is -2.23. The molecule has 4 nitrogen and oxygen atoms in total. The number of hydrogen-bond donors (Lipinski definition) is 1. The SMILES string of the molecule is O=C(Cc1ccc(N(Cc2ccc(F)cc2)C(=O)c2ccccc2)cc1)NCC1CC1. The Kier molecular flexibility index (Phi) is 6.41. The smallest absolute Gasteiger partial charge is 0.258 e. The zero-order chi connectivity index (χ0) is 21.6. The first-order valence-electron chi connectivity index (χ1n) is 10.6. The first-order chi connectivity index (χ1) is 15.1. The summed E-state index contributed by atoms with van der Waals surface area (Å²) >= 11 is 0. The average Bonchev–Trinajstić information content (AvgIpc) is 3.63. The summed E-state index contributed by atoms with van der Waals surface area (Å²) in [6, 6.07) is 22.7. The van der Waals surface area contributed by atoms with Gasteiger partial charge in [0.2, 0.25) is 5.91 Å². The van der Waals surface area contributed by atoms with E-state index >= 15 is 0 Å². The molecule has 31 heavy (non-hydrogen) atoms. The molecule has 1 fully saturated rings. The van der Waals surface area contributed by atoms with Crippen molar-refractivity contribution in [1.29, 1.82) is 0 Å². The second-order valence-electron chi connectivity index (χ2n) is 7.97. The van der Waals surface area contributed by atoms with E-state index in [1.54, 1.807) is 29.2 Å². The fourth-order valence-corrected chi connectivity index (χ4v) is 3.41. The Hall–Kier alpha value is -3.47. The van der Waals surface area contributed by atoms with Crippen molar-refractivity contribution in [3.63, 3.8) is 0 Å². The maximum Gasteiger partial charge on any atom is 0.258 e. The number of benzene rings is 3. The molecule has 0 heterocycles. The molecular weight excluding hydrogens is 391 g/mol. The average molecular weight is 416 g/mol. The molecule has 0 radical (unpaired) electrons. The highest BCUT2D eigenvalue weighted by Gasteiger charge is 2.22. The number of anilines is 1. The topological polar surface area (TPSA) is 49.4 Å². The zero-order valence-corrected chi connectivity index (χ0v) is 17.3. The number of carbonyl (C=O) groups is 2. The van der Waals surface area contributed by atoms with E-state index in [0.717, 1.165) is 23.4 Å². The maximum absolute atomic E-state index is 13.3. The molecule has 0 bridgehead atoms. The monoisotopic (exact) mass is 416 g/mol. The van der Waals surface area contributed by atoms with Gasteiger partial charge in [-0.3, -0.25) is 9.59 Å². The van der Waals surface area contributed by atoms with Gasteiger partial charge in [-0.25, -0.2) is 4.39 Å². The van der Waals surface area contributed by atoms with Crippen LogP contribution in [0.2, 0.25) is 0 Å². The maximum atomic E-state index is 13.3. The second-order valence-corrected chi connectivity index (χ2v) is 7.97. The second kappa shape index (κ2) is 9.56. The summed E-state index contributed by atoms with van der Waals surface area (Å²) in [6.07, 6.45) is 2.72. The van der Waals surface area contributed by atoms with Crippen molar-refractivity contribution in [1.82, 2.24) is 5.32 Å². The zero-order valence-electron chi connectivity index (χ0n) is 17.3. The Labute approximate surface area is 181 Å². The third-order valence-corrected chi connectivity index (χ3v) is 5.42. The van der Waals surface area contributed by atoms with Crippen LogP contribution in [0.25, 0.3) is 0 Å². The minimum Gasteiger partial charge on any atom is -0.356 e. The van der Waals surface area contributed by atoms with Crippen LogP contribution in [-0.4, -0.2) is 18.4 Å². The molecule has 0 aromatic heterocycles. The van der Waals surface area contributed by atoms with Crippen LogP contribution in [0.15, 0.2) is 78.9 Å². The van der Waals surface area contributed by atoms with E-state index in [0.29, 0.717) is 24.4 Å². The number of nitrogens with one attached hydrogen (secondary N) is 1. The fraction of sp³-hybridized carbons (Fsp3) is 0.231. The molecule has 2 amide bonds. The van der Waals surface area contributed by atoms with E-state index in [4.69, 9.17) is 0 Å². The van der Waals surface area contributed by atoms with Gasteiger partial charge in [0.05, 0.1) is 13.0 Å². The minimum atomic E-state index is -0.311. The molecule has 1 aliphatic rings. The van der Waals surface area contributed by atoms with Crippen molar-refractivity contribution in [2.24, 2.45) is 5.92 Å². The summed E-state index contributed by atoms with van der Waals surface area (Å²) in [5, 5.41) is 2.97. The molecule has 158 valence electrons.